The van der Waals surface area contributed by atoms with Gasteiger partial charge in [0.25, 0.3) is 5.91 Å². The minimum Gasteiger partial charge on any atom is -0.338 e. The number of halogens is 2. The van der Waals surface area contributed by atoms with Crippen LogP contribution in [-0.4, -0.2) is 37.0 Å². The molecule has 21 heavy (non-hydrogen) atoms. The summed E-state index contributed by atoms with van der Waals surface area (Å²) >= 11 is 3.35. The van der Waals surface area contributed by atoms with E-state index in [0.717, 1.165) is 38.9 Å². The van der Waals surface area contributed by atoms with Crippen molar-refractivity contribution in [2.24, 2.45) is 5.92 Å². The Bertz CT molecular complexity index is 489. The van der Waals surface area contributed by atoms with Gasteiger partial charge in [0.1, 0.15) is 5.82 Å². The van der Waals surface area contributed by atoms with Gasteiger partial charge in [-0.15, -0.1) is 0 Å². The SMILES string of the molecule is CCCN(CC1CCNCC1)C(=O)c1cc(F)ccc1Br. The summed E-state index contributed by atoms with van der Waals surface area (Å²) in [5.74, 6) is 0.0794. The molecule has 1 N–H and O–H groups in total. The molecule has 0 radical (unpaired) electrons. The lowest BCUT2D eigenvalue weighted by atomic mass is 9.97. The number of rotatable bonds is 5. The second kappa shape index (κ2) is 7.90. The number of piperidine rings is 1. The van der Waals surface area contributed by atoms with Crippen molar-refractivity contribution >= 4 is 21.8 Å². The number of nitrogens with zero attached hydrogens (tertiary/aromatic N) is 1. The number of amides is 1. The lowest BCUT2D eigenvalue weighted by Crippen LogP contribution is -2.40. The molecule has 0 spiro atoms. The second-order valence-corrected chi connectivity index (χ2v) is 6.42. The van der Waals surface area contributed by atoms with Gasteiger partial charge in [-0.2, -0.15) is 0 Å². The van der Waals surface area contributed by atoms with Crippen LogP contribution in [0.3, 0.4) is 0 Å². The summed E-state index contributed by atoms with van der Waals surface area (Å²) in [6, 6.07) is 4.27. The van der Waals surface area contributed by atoms with Crippen LogP contribution in [0.2, 0.25) is 0 Å². The first-order chi connectivity index (χ1) is 10.1. The molecular formula is C16H22BrFN2O. The Morgan fingerprint density at radius 2 is 2.14 bits per heavy atom. The summed E-state index contributed by atoms with van der Waals surface area (Å²) in [4.78, 5) is 14.6. The van der Waals surface area contributed by atoms with Crippen molar-refractivity contribution in [2.45, 2.75) is 26.2 Å². The van der Waals surface area contributed by atoms with Gasteiger partial charge in [0, 0.05) is 17.6 Å². The summed E-state index contributed by atoms with van der Waals surface area (Å²) in [5.41, 5.74) is 0.414. The number of carbonyl (C=O) groups excluding carboxylic acids is 1. The Hall–Kier alpha value is -0.940. The molecule has 2 rings (SSSR count). The third kappa shape index (κ3) is 4.51. The molecule has 1 amide bonds. The van der Waals surface area contributed by atoms with Crippen LogP contribution in [0.1, 0.15) is 36.5 Å². The molecule has 1 aromatic carbocycles. The molecule has 1 aliphatic rings. The third-order valence-electron chi connectivity index (χ3n) is 3.88. The molecule has 3 nitrogen and oxygen atoms in total. The van der Waals surface area contributed by atoms with Crippen LogP contribution in [0.25, 0.3) is 0 Å². The summed E-state index contributed by atoms with van der Waals surface area (Å²) in [5, 5.41) is 3.34. The number of hydrogen-bond acceptors (Lipinski definition) is 2. The predicted octanol–water partition coefficient (Wildman–Crippen LogP) is 3.44. The molecule has 0 saturated carbocycles. The number of nitrogens with one attached hydrogen (secondary N) is 1. The Kier molecular flexibility index (Phi) is 6.18. The predicted molar refractivity (Wildman–Crippen MR) is 85.9 cm³/mol. The number of hydrogen-bond donors (Lipinski definition) is 1. The van der Waals surface area contributed by atoms with Gasteiger partial charge in [-0.1, -0.05) is 6.92 Å². The van der Waals surface area contributed by atoms with Crippen LogP contribution in [0, 0.1) is 11.7 Å². The molecule has 1 aromatic rings. The van der Waals surface area contributed by atoms with Crippen molar-refractivity contribution in [3.63, 3.8) is 0 Å². The van der Waals surface area contributed by atoms with E-state index in [1.807, 2.05) is 4.90 Å². The van der Waals surface area contributed by atoms with Gasteiger partial charge < -0.3 is 10.2 Å². The summed E-state index contributed by atoms with van der Waals surface area (Å²) in [7, 11) is 0. The molecule has 5 heteroatoms. The minimum atomic E-state index is -0.375. The first-order valence-corrected chi connectivity index (χ1v) is 8.36. The smallest absolute Gasteiger partial charge is 0.255 e. The second-order valence-electron chi connectivity index (χ2n) is 5.57. The van der Waals surface area contributed by atoms with Crippen LogP contribution < -0.4 is 5.32 Å². The fraction of sp³-hybridized carbons (Fsp3) is 0.562. The molecule has 1 heterocycles. The van der Waals surface area contributed by atoms with E-state index in [0.29, 0.717) is 22.5 Å². The zero-order chi connectivity index (χ0) is 15.2. The Balaban J connectivity index is 2.12. The van der Waals surface area contributed by atoms with Gasteiger partial charge in [-0.05, 0) is 72.4 Å². The van der Waals surface area contributed by atoms with Crippen LogP contribution in [-0.2, 0) is 0 Å². The fourth-order valence-electron chi connectivity index (χ4n) is 2.75. The van der Waals surface area contributed by atoms with Gasteiger partial charge in [0.05, 0.1) is 5.56 Å². The van der Waals surface area contributed by atoms with Gasteiger partial charge in [-0.25, -0.2) is 4.39 Å². The minimum absolute atomic E-state index is 0.0817. The van der Waals surface area contributed by atoms with Crippen LogP contribution in [0.5, 0.6) is 0 Å². The van der Waals surface area contributed by atoms with Crippen molar-refractivity contribution < 1.29 is 9.18 Å². The van der Waals surface area contributed by atoms with Crippen LogP contribution in [0.4, 0.5) is 4.39 Å². The maximum absolute atomic E-state index is 13.4. The summed E-state index contributed by atoms with van der Waals surface area (Å²) < 4.78 is 14.1. The molecule has 116 valence electrons. The highest BCUT2D eigenvalue weighted by atomic mass is 79.9. The maximum Gasteiger partial charge on any atom is 0.255 e. The van der Waals surface area contributed by atoms with Gasteiger partial charge in [0.15, 0.2) is 0 Å². The van der Waals surface area contributed by atoms with Crippen LogP contribution >= 0.6 is 15.9 Å². The van der Waals surface area contributed by atoms with E-state index in [9.17, 15) is 9.18 Å². The van der Waals surface area contributed by atoms with E-state index in [2.05, 4.69) is 28.2 Å². The fourth-order valence-corrected chi connectivity index (χ4v) is 3.17. The Morgan fingerprint density at radius 1 is 1.43 bits per heavy atom. The number of carbonyl (C=O) groups is 1. The van der Waals surface area contributed by atoms with E-state index in [1.165, 1.54) is 12.1 Å². The topological polar surface area (TPSA) is 32.3 Å². The summed E-state index contributed by atoms with van der Waals surface area (Å²) in [6.45, 7) is 5.57. The molecule has 0 unspecified atom stereocenters. The zero-order valence-electron chi connectivity index (χ0n) is 12.4. The largest absolute Gasteiger partial charge is 0.338 e. The van der Waals surface area contributed by atoms with Crippen molar-refractivity contribution in [2.75, 3.05) is 26.2 Å². The molecule has 1 saturated heterocycles. The van der Waals surface area contributed by atoms with Crippen molar-refractivity contribution in [3.05, 3.63) is 34.1 Å². The number of benzene rings is 1. The van der Waals surface area contributed by atoms with Gasteiger partial charge >= 0.3 is 0 Å². The molecule has 0 aliphatic carbocycles. The standard InChI is InChI=1S/C16H22BrFN2O/c1-2-9-20(11-12-5-7-19-8-6-12)16(21)14-10-13(18)3-4-15(14)17/h3-4,10,12,19H,2,5-9,11H2,1H3. The quantitative estimate of drug-likeness (QED) is 0.876. The molecule has 1 aliphatic heterocycles. The molecular weight excluding hydrogens is 335 g/mol. The van der Waals surface area contributed by atoms with Crippen molar-refractivity contribution in [1.82, 2.24) is 10.2 Å². The average Bonchev–Trinajstić information content (AvgIpc) is 2.49. The lowest BCUT2D eigenvalue weighted by molar-refractivity contribution is 0.0715. The van der Waals surface area contributed by atoms with E-state index in [4.69, 9.17) is 0 Å². The van der Waals surface area contributed by atoms with Gasteiger partial charge in [0.2, 0.25) is 0 Å². The van der Waals surface area contributed by atoms with E-state index in [1.54, 1.807) is 6.07 Å². The third-order valence-corrected chi connectivity index (χ3v) is 4.57. The van der Waals surface area contributed by atoms with E-state index in [-0.39, 0.29) is 11.7 Å². The van der Waals surface area contributed by atoms with Gasteiger partial charge in [-0.3, -0.25) is 4.79 Å². The normalized spacial score (nSPS) is 16.0. The Morgan fingerprint density at radius 3 is 2.81 bits per heavy atom. The molecule has 0 atom stereocenters. The highest BCUT2D eigenvalue weighted by Gasteiger charge is 2.22. The van der Waals surface area contributed by atoms with E-state index < -0.39 is 0 Å². The lowest BCUT2D eigenvalue weighted by Gasteiger charge is -2.30. The highest BCUT2D eigenvalue weighted by molar-refractivity contribution is 9.10. The van der Waals surface area contributed by atoms with Crippen LogP contribution in [0.15, 0.2) is 22.7 Å². The monoisotopic (exact) mass is 356 g/mol. The maximum atomic E-state index is 13.4. The molecule has 0 bridgehead atoms. The van der Waals surface area contributed by atoms with E-state index >= 15 is 0 Å². The zero-order valence-corrected chi connectivity index (χ0v) is 14.0. The van der Waals surface area contributed by atoms with Crippen molar-refractivity contribution in [3.8, 4) is 0 Å². The average molecular weight is 357 g/mol. The first kappa shape index (κ1) is 16.4. The van der Waals surface area contributed by atoms with Crippen molar-refractivity contribution in [1.29, 1.82) is 0 Å². The summed E-state index contributed by atoms with van der Waals surface area (Å²) in [6.07, 6.45) is 3.10. The highest BCUT2D eigenvalue weighted by Crippen LogP contribution is 2.22. The molecule has 1 fully saturated rings. The first-order valence-electron chi connectivity index (χ1n) is 7.57. The Labute approximate surface area is 134 Å². The molecule has 0 aromatic heterocycles.